The highest BCUT2D eigenvalue weighted by molar-refractivity contribution is 5.82. The van der Waals surface area contributed by atoms with Gasteiger partial charge in [-0.25, -0.2) is 0 Å². The van der Waals surface area contributed by atoms with Crippen molar-refractivity contribution in [2.75, 3.05) is 21.2 Å². The molecule has 1 rings (SSSR count). The van der Waals surface area contributed by atoms with Crippen molar-refractivity contribution in [2.45, 2.75) is 32.2 Å². The minimum Gasteiger partial charge on any atom is -0.496 e. The van der Waals surface area contributed by atoms with Crippen LogP contribution in [0.4, 0.5) is 0 Å². The maximum Gasteiger partial charge on any atom is 0.239 e. The number of amides is 1. The molecule has 1 aromatic carbocycles. The zero-order valence-electron chi connectivity index (χ0n) is 12.7. The number of rotatable bonds is 4. The molecular formula is C15H24N2O2. The van der Waals surface area contributed by atoms with E-state index in [9.17, 15) is 4.79 Å². The minimum absolute atomic E-state index is 0.00945. The number of hydrogen-bond donors (Lipinski definition) is 1. The molecule has 4 nitrogen and oxygen atoms in total. The van der Waals surface area contributed by atoms with Gasteiger partial charge < -0.3 is 10.5 Å². The molecule has 0 fully saturated rings. The SMILES string of the molecule is COc1ccc(C(C)(C)C)cc1C(C(N)=O)N(C)C. The molecule has 1 unspecified atom stereocenters. The van der Waals surface area contributed by atoms with Gasteiger partial charge in [0.15, 0.2) is 0 Å². The van der Waals surface area contributed by atoms with E-state index in [4.69, 9.17) is 10.5 Å². The number of carbonyl (C=O) groups excluding carboxylic acids is 1. The first-order chi connectivity index (χ1) is 8.68. The fourth-order valence-electron chi connectivity index (χ4n) is 2.10. The van der Waals surface area contributed by atoms with Crippen molar-refractivity contribution in [1.82, 2.24) is 4.90 Å². The molecule has 1 atom stereocenters. The molecule has 0 heterocycles. The largest absolute Gasteiger partial charge is 0.496 e. The van der Waals surface area contributed by atoms with Gasteiger partial charge in [0.25, 0.3) is 0 Å². The van der Waals surface area contributed by atoms with E-state index < -0.39 is 6.04 Å². The Balaban J connectivity index is 3.41. The van der Waals surface area contributed by atoms with Crippen LogP contribution in [0, 0.1) is 0 Å². The number of benzene rings is 1. The van der Waals surface area contributed by atoms with Gasteiger partial charge >= 0.3 is 0 Å². The number of methoxy groups -OCH3 is 1. The van der Waals surface area contributed by atoms with Gasteiger partial charge in [0, 0.05) is 5.56 Å². The molecule has 19 heavy (non-hydrogen) atoms. The van der Waals surface area contributed by atoms with Crippen LogP contribution in [0.1, 0.15) is 37.9 Å². The third-order valence-corrected chi connectivity index (χ3v) is 3.18. The molecule has 0 saturated heterocycles. The van der Waals surface area contributed by atoms with E-state index in [0.717, 1.165) is 11.1 Å². The highest BCUT2D eigenvalue weighted by atomic mass is 16.5. The van der Waals surface area contributed by atoms with Gasteiger partial charge in [-0.1, -0.05) is 26.8 Å². The summed E-state index contributed by atoms with van der Waals surface area (Å²) in [5.41, 5.74) is 7.49. The smallest absolute Gasteiger partial charge is 0.239 e. The van der Waals surface area contributed by atoms with Crippen LogP contribution in [0.5, 0.6) is 5.75 Å². The van der Waals surface area contributed by atoms with Crippen molar-refractivity contribution in [3.05, 3.63) is 29.3 Å². The van der Waals surface area contributed by atoms with Gasteiger partial charge in [0.05, 0.1) is 7.11 Å². The first-order valence-corrected chi connectivity index (χ1v) is 6.32. The second kappa shape index (κ2) is 5.61. The quantitative estimate of drug-likeness (QED) is 0.906. The lowest BCUT2D eigenvalue weighted by Crippen LogP contribution is -2.33. The minimum atomic E-state index is -0.489. The topological polar surface area (TPSA) is 55.6 Å². The summed E-state index contributed by atoms with van der Waals surface area (Å²) in [6.07, 6.45) is 0. The van der Waals surface area contributed by atoms with Gasteiger partial charge in [0.2, 0.25) is 5.91 Å². The van der Waals surface area contributed by atoms with Crippen LogP contribution in [0.15, 0.2) is 18.2 Å². The first kappa shape index (κ1) is 15.5. The van der Waals surface area contributed by atoms with E-state index >= 15 is 0 Å². The number of nitrogens with zero attached hydrogens (tertiary/aromatic N) is 1. The van der Waals surface area contributed by atoms with Crippen molar-refractivity contribution < 1.29 is 9.53 Å². The molecule has 0 aliphatic carbocycles. The van der Waals surface area contributed by atoms with Crippen molar-refractivity contribution in [1.29, 1.82) is 0 Å². The zero-order chi connectivity index (χ0) is 14.8. The van der Waals surface area contributed by atoms with Crippen LogP contribution in [0.3, 0.4) is 0 Å². The Hall–Kier alpha value is -1.55. The number of nitrogens with two attached hydrogens (primary N) is 1. The third kappa shape index (κ3) is 3.47. The average Bonchev–Trinajstić information content (AvgIpc) is 2.26. The van der Waals surface area contributed by atoms with Gasteiger partial charge in [-0.15, -0.1) is 0 Å². The molecule has 0 saturated carbocycles. The van der Waals surface area contributed by atoms with E-state index in [1.54, 1.807) is 12.0 Å². The fraction of sp³-hybridized carbons (Fsp3) is 0.533. The lowest BCUT2D eigenvalue weighted by atomic mass is 9.85. The van der Waals surface area contributed by atoms with E-state index in [2.05, 4.69) is 20.8 Å². The van der Waals surface area contributed by atoms with Gasteiger partial charge in [-0.3, -0.25) is 9.69 Å². The van der Waals surface area contributed by atoms with Gasteiger partial charge in [-0.2, -0.15) is 0 Å². The van der Waals surface area contributed by atoms with Crippen LogP contribution in [-0.2, 0) is 10.2 Å². The summed E-state index contributed by atoms with van der Waals surface area (Å²) in [7, 11) is 5.26. The highest BCUT2D eigenvalue weighted by Gasteiger charge is 2.26. The lowest BCUT2D eigenvalue weighted by Gasteiger charge is -2.26. The number of likely N-dealkylation sites (N-methyl/N-ethyl adjacent to an activating group) is 1. The number of ether oxygens (including phenoxy) is 1. The summed E-state index contributed by atoms with van der Waals surface area (Å²) in [6, 6.07) is 5.44. The maximum absolute atomic E-state index is 11.7. The van der Waals surface area contributed by atoms with Crippen molar-refractivity contribution in [2.24, 2.45) is 5.73 Å². The van der Waals surface area contributed by atoms with Crippen molar-refractivity contribution in [3.8, 4) is 5.75 Å². The zero-order valence-corrected chi connectivity index (χ0v) is 12.7. The second-order valence-electron chi connectivity index (χ2n) is 5.98. The Bertz CT molecular complexity index is 462. The number of primary amides is 1. The summed E-state index contributed by atoms with van der Waals surface area (Å²) in [5.74, 6) is 0.305. The summed E-state index contributed by atoms with van der Waals surface area (Å²) < 4.78 is 5.36. The van der Waals surface area contributed by atoms with Crippen molar-refractivity contribution in [3.63, 3.8) is 0 Å². The van der Waals surface area contributed by atoms with E-state index in [0.29, 0.717) is 5.75 Å². The molecule has 0 bridgehead atoms. The first-order valence-electron chi connectivity index (χ1n) is 6.32. The van der Waals surface area contributed by atoms with Crippen LogP contribution < -0.4 is 10.5 Å². The highest BCUT2D eigenvalue weighted by Crippen LogP contribution is 2.33. The maximum atomic E-state index is 11.7. The molecule has 2 N–H and O–H groups in total. The van der Waals surface area contributed by atoms with E-state index in [1.165, 1.54) is 0 Å². The summed E-state index contributed by atoms with van der Waals surface area (Å²) in [5, 5.41) is 0. The second-order valence-corrected chi connectivity index (χ2v) is 5.98. The van der Waals surface area contributed by atoms with Gasteiger partial charge in [0.1, 0.15) is 11.8 Å². The molecule has 0 spiro atoms. The predicted molar refractivity (Wildman–Crippen MR) is 77.3 cm³/mol. The normalized spacial score (nSPS) is 13.4. The third-order valence-electron chi connectivity index (χ3n) is 3.18. The Kier molecular flexibility index (Phi) is 4.58. The van der Waals surface area contributed by atoms with Gasteiger partial charge in [-0.05, 0) is 37.2 Å². The Morgan fingerprint density at radius 3 is 2.26 bits per heavy atom. The van der Waals surface area contributed by atoms with Crippen LogP contribution in [0.25, 0.3) is 0 Å². The lowest BCUT2D eigenvalue weighted by molar-refractivity contribution is -0.122. The van der Waals surface area contributed by atoms with E-state index in [-0.39, 0.29) is 11.3 Å². The molecule has 0 aromatic heterocycles. The summed E-state index contributed by atoms with van der Waals surface area (Å²) >= 11 is 0. The van der Waals surface area contributed by atoms with Crippen LogP contribution in [-0.4, -0.2) is 32.0 Å². The monoisotopic (exact) mass is 264 g/mol. The molecule has 4 heteroatoms. The standard InChI is InChI=1S/C15H24N2O2/c1-15(2,3)10-7-8-12(19-6)11(9-10)13(14(16)18)17(4)5/h7-9,13H,1-6H3,(H2,16,18). The van der Waals surface area contributed by atoms with Crippen LogP contribution in [0.2, 0.25) is 0 Å². The molecule has 0 radical (unpaired) electrons. The molecule has 0 aliphatic rings. The van der Waals surface area contributed by atoms with E-state index in [1.807, 2.05) is 32.3 Å². The molecular weight excluding hydrogens is 240 g/mol. The Labute approximate surface area is 115 Å². The van der Waals surface area contributed by atoms with Crippen LogP contribution >= 0.6 is 0 Å². The number of carbonyl (C=O) groups is 1. The Morgan fingerprint density at radius 1 is 1.32 bits per heavy atom. The summed E-state index contributed by atoms with van der Waals surface area (Å²) in [6.45, 7) is 6.40. The molecule has 0 aliphatic heterocycles. The predicted octanol–water partition coefficient (Wildman–Crippen LogP) is 2.08. The molecule has 106 valence electrons. The molecule has 1 amide bonds. The average molecular weight is 264 g/mol. The Morgan fingerprint density at radius 2 is 1.89 bits per heavy atom. The summed E-state index contributed by atoms with van der Waals surface area (Å²) in [4.78, 5) is 13.5. The fourth-order valence-corrected chi connectivity index (χ4v) is 2.10. The molecule has 1 aromatic rings. The van der Waals surface area contributed by atoms with Crippen molar-refractivity contribution >= 4 is 5.91 Å². The number of hydrogen-bond acceptors (Lipinski definition) is 3.